The second-order valence-corrected chi connectivity index (χ2v) is 5.35. The topological polar surface area (TPSA) is 33.5 Å². The minimum atomic E-state index is 0.242. The van der Waals surface area contributed by atoms with Crippen LogP contribution in [0.15, 0.2) is 0 Å². The average molecular weight is 227 g/mol. The highest BCUT2D eigenvalue weighted by Gasteiger charge is 2.14. The first-order valence-corrected chi connectivity index (χ1v) is 6.74. The Kier molecular flexibility index (Phi) is 6.46. The summed E-state index contributed by atoms with van der Waals surface area (Å²) in [6, 6.07) is 0. The first kappa shape index (κ1) is 13.5. The van der Waals surface area contributed by atoms with Crippen molar-refractivity contribution in [1.29, 1.82) is 0 Å². The van der Waals surface area contributed by atoms with Crippen LogP contribution in [-0.2, 0) is 4.79 Å². The standard InChI is InChI=1S/C13H26N2O/c1-15(2)11-10-14-13(16)9-8-12-6-4-3-5-7-12/h12H,3-11H2,1-2H3,(H,14,16)/p+1. The van der Waals surface area contributed by atoms with Crippen molar-refractivity contribution in [3.05, 3.63) is 0 Å². The molecule has 1 aliphatic rings. The SMILES string of the molecule is C[NH+](C)CCNC(=O)CCC1CCCCC1. The molecule has 2 N–H and O–H groups in total. The molecular formula is C13H27N2O+. The van der Waals surface area contributed by atoms with E-state index in [0.717, 1.165) is 31.8 Å². The lowest BCUT2D eigenvalue weighted by molar-refractivity contribution is -0.856. The van der Waals surface area contributed by atoms with E-state index in [1.807, 2.05) is 0 Å². The zero-order chi connectivity index (χ0) is 11.8. The third-order valence-corrected chi connectivity index (χ3v) is 3.45. The molecule has 1 aliphatic carbocycles. The normalized spacial score (nSPS) is 17.7. The third-order valence-electron chi connectivity index (χ3n) is 3.45. The molecule has 1 amide bonds. The van der Waals surface area contributed by atoms with E-state index in [1.165, 1.54) is 37.0 Å². The number of amides is 1. The predicted molar refractivity (Wildman–Crippen MR) is 66.5 cm³/mol. The minimum Gasteiger partial charge on any atom is -0.350 e. The molecule has 0 heterocycles. The minimum absolute atomic E-state index is 0.242. The quantitative estimate of drug-likeness (QED) is 0.685. The van der Waals surface area contributed by atoms with E-state index in [0.29, 0.717) is 0 Å². The first-order valence-electron chi connectivity index (χ1n) is 6.74. The van der Waals surface area contributed by atoms with Gasteiger partial charge in [0.25, 0.3) is 0 Å². The van der Waals surface area contributed by atoms with E-state index in [2.05, 4.69) is 19.4 Å². The molecule has 1 fully saturated rings. The second kappa shape index (κ2) is 7.66. The fourth-order valence-corrected chi connectivity index (χ4v) is 2.35. The molecule has 0 unspecified atom stereocenters. The van der Waals surface area contributed by atoms with Crippen LogP contribution in [0.25, 0.3) is 0 Å². The van der Waals surface area contributed by atoms with Gasteiger partial charge < -0.3 is 10.2 Å². The molecule has 0 spiro atoms. The van der Waals surface area contributed by atoms with Crippen molar-refractivity contribution >= 4 is 5.91 Å². The summed E-state index contributed by atoms with van der Waals surface area (Å²) in [6.45, 7) is 1.82. The number of nitrogens with one attached hydrogen (secondary N) is 2. The number of carbonyl (C=O) groups is 1. The summed E-state index contributed by atoms with van der Waals surface area (Å²) in [6.07, 6.45) is 8.65. The predicted octanol–water partition coefficient (Wildman–Crippen LogP) is 0.608. The molecule has 0 radical (unpaired) electrons. The van der Waals surface area contributed by atoms with Gasteiger partial charge in [-0.25, -0.2) is 0 Å². The smallest absolute Gasteiger partial charge is 0.220 e. The summed E-state index contributed by atoms with van der Waals surface area (Å²) in [5, 5.41) is 2.99. The van der Waals surface area contributed by atoms with Crippen LogP contribution in [0.5, 0.6) is 0 Å². The van der Waals surface area contributed by atoms with E-state index in [1.54, 1.807) is 0 Å². The van der Waals surface area contributed by atoms with Crippen molar-refractivity contribution in [3.8, 4) is 0 Å². The van der Waals surface area contributed by atoms with Gasteiger partial charge in [-0.1, -0.05) is 32.1 Å². The van der Waals surface area contributed by atoms with E-state index in [4.69, 9.17) is 0 Å². The fraction of sp³-hybridized carbons (Fsp3) is 0.923. The second-order valence-electron chi connectivity index (χ2n) is 5.35. The maximum absolute atomic E-state index is 11.5. The van der Waals surface area contributed by atoms with Crippen molar-refractivity contribution in [2.75, 3.05) is 27.2 Å². The summed E-state index contributed by atoms with van der Waals surface area (Å²) < 4.78 is 0. The van der Waals surface area contributed by atoms with Gasteiger partial charge in [-0.05, 0) is 12.3 Å². The maximum Gasteiger partial charge on any atom is 0.220 e. The molecule has 0 atom stereocenters. The Balaban J connectivity index is 2.00. The largest absolute Gasteiger partial charge is 0.350 e. The molecule has 1 rings (SSSR count). The lowest BCUT2D eigenvalue weighted by Crippen LogP contribution is -3.06. The van der Waals surface area contributed by atoms with Gasteiger partial charge in [-0.15, -0.1) is 0 Å². The Morgan fingerprint density at radius 3 is 2.56 bits per heavy atom. The molecule has 16 heavy (non-hydrogen) atoms. The van der Waals surface area contributed by atoms with E-state index in [-0.39, 0.29) is 5.91 Å². The van der Waals surface area contributed by atoms with Crippen LogP contribution in [0.1, 0.15) is 44.9 Å². The Hall–Kier alpha value is -0.570. The van der Waals surface area contributed by atoms with Gasteiger partial charge in [-0.2, -0.15) is 0 Å². The maximum atomic E-state index is 11.5. The van der Waals surface area contributed by atoms with E-state index >= 15 is 0 Å². The number of carbonyl (C=O) groups excluding carboxylic acids is 1. The number of hydrogen-bond acceptors (Lipinski definition) is 1. The highest BCUT2D eigenvalue weighted by Crippen LogP contribution is 2.26. The van der Waals surface area contributed by atoms with Crippen LogP contribution in [0.2, 0.25) is 0 Å². The Labute approximate surface area is 99.6 Å². The zero-order valence-corrected chi connectivity index (χ0v) is 10.8. The number of hydrogen-bond donors (Lipinski definition) is 2. The molecule has 0 saturated heterocycles. The lowest BCUT2D eigenvalue weighted by atomic mass is 9.86. The van der Waals surface area contributed by atoms with Crippen molar-refractivity contribution in [2.45, 2.75) is 44.9 Å². The summed E-state index contributed by atoms with van der Waals surface area (Å²) >= 11 is 0. The van der Waals surface area contributed by atoms with Crippen molar-refractivity contribution in [1.82, 2.24) is 5.32 Å². The first-order chi connectivity index (χ1) is 7.68. The van der Waals surface area contributed by atoms with Gasteiger partial charge in [0, 0.05) is 6.42 Å². The fourth-order valence-electron chi connectivity index (χ4n) is 2.35. The van der Waals surface area contributed by atoms with Crippen LogP contribution in [0.4, 0.5) is 0 Å². The molecular weight excluding hydrogens is 200 g/mol. The molecule has 0 aromatic heterocycles. The Morgan fingerprint density at radius 1 is 1.25 bits per heavy atom. The molecule has 0 bridgehead atoms. The van der Waals surface area contributed by atoms with Crippen molar-refractivity contribution in [2.24, 2.45) is 5.92 Å². The summed E-state index contributed by atoms with van der Waals surface area (Å²) in [5.41, 5.74) is 0. The molecule has 0 aromatic carbocycles. The van der Waals surface area contributed by atoms with E-state index in [9.17, 15) is 4.79 Å². The molecule has 0 aliphatic heterocycles. The van der Waals surface area contributed by atoms with Gasteiger partial charge >= 0.3 is 0 Å². The third kappa shape index (κ3) is 6.11. The highest BCUT2D eigenvalue weighted by atomic mass is 16.1. The van der Waals surface area contributed by atoms with E-state index < -0.39 is 0 Å². The number of quaternary nitrogens is 1. The van der Waals surface area contributed by atoms with Gasteiger partial charge in [0.05, 0.1) is 27.2 Å². The molecule has 3 nitrogen and oxygen atoms in total. The summed E-state index contributed by atoms with van der Waals surface area (Å²) in [5.74, 6) is 1.06. The Bertz CT molecular complexity index is 198. The van der Waals surface area contributed by atoms with Crippen LogP contribution in [0, 0.1) is 5.92 Å². The number of rotatable bonds is 6. The van der Waals surface area contributed by atoms with Gasteiger partial charge in [0.15, 0.2) is 0 Å². The molecule has 0 aromatic rings. The molecule has 3 heteroatoms. The summed E-state index contributed by atoms with van der Waals surface area (Å²) in [4.78, 5) is 12.9. The zero-order valence-electron chi connectivity index (χ0n) is 10.8. The van der Waals surface area contributed by atoms with Crippen LogP contribution in [0.3, 0.4) is 0 Å². The Morgan fingerprint density at radius 2 is 1.94 bits per heavy atom. The summed E-state index contributed by atoms with van der Waals surface area (Å²) in [7, 11) is 4.21. The van der Waals surface area contributed by atoms with Crippen LogP contribution in [-0.4, -0.2) is 33.1 Å². The van der Waals surface area contributed by atoms with Crippen LogP contribution >= 0.6 is 0 Å². The van der Waals surface area contributed by atoms with Crippen LogP contribution < -0.4 is 10.2 Å². The van der Waals surface area contributed by atoms with Gasteiger partial charge in [-0.3, -0.25) is 4.79 Å². The molecule has 1 saturated carbocycles. The van der Waals surface area contributed by atoms with Crippen molar-refractivity contribution < 1.29 is 9.69 Å². The lowest BCUT2D eigenvalue weighted by Gasteiger charge is -2.21. The average Bonchev–Trinajstić information content (AvgIpc) is 2.27. The van der Waals surface area contributed by atoms with Gasteiger partial charge in [0.1, 0.15) is 0 Å². The van der Waals surface area contributed by atoms with Crippen molar-refractivity contribution in [3.63, 3.8) is 0 Å². The highest BCUT2D eigenvalue weighted by molar-refractivity contribution is 5.75. The molecule has 94 valence electrons. The van der Waals surface area contributed by atoms with Gasteiger partial charge in [0.2, 0.25) is 5.91 Å². The number of likely N-dealkylation sites (N-methyl/N-ethyl adjacent to an activating group) is 1. The monoisotopic (exact) mass is 227 g/mol.